The van der Waals surface area contributed by atoms with E-state index in [9.17, 15) is 25.0 Å². The summed E-state index contributed by atoms with van der Waals surface area (Å²) < 4.78 is 5.64. The molecule has 154 valence electrons. The zero-order valence-electron chi connectivity index (χ0n) is 15.9. The molecule has 2 aromatic carbocycles. The van der Waals surface area contributed by atoms with Crippen molar-refractivity contribution in [2.24, 2.45) is 0 Å². The molecule has 31 heavy (non-hydrogen) atoms. The molecule has 4 rings (SSSR count). The van der Waals surface area contributed by atoms with E-state index in [4.69, 9.17) is 4.42 Å². The summed E-state index contributed by atoms with van der Waals surface area (Å²) in [5.41, 5.74) is 0.880. The van der Waals surface area contributed by atoms with Crippen molar-refractivity contribution in [3.8, 4) is 11.5 Å². The van der Waals surface area contributed by atoms with E-state index in [-0.39, 0.29) is 11.1 Å². The van der Waals surface area contributed by atoms with Crippen molar-refractivity contribution >= 4 is 34.2 Å². The highest BCUT2D eigenvalue weighted by molar-refractivity contribution is 6.06. The van der Waals surface area contributed by atoms with Gasteiger partial charge in [0.05, 0.1) is 21.5 Å². The van der Waals surface area contributed by atoms with Gasteiger partial charge >= 0.3 is 0 Å². The van der Waals surface area contributed by atoms with Crippen LogP contribution in [0, 0.1) is 27.2 Å². The first-order valence-electron chi connectivity index (χ1n) is 8.90. The molecule has 2 aromatic heterocycles. The van der Waals surface area contributed by atoms with Gasteiger partial charge in [0.1, 0.15) is 0 Å². The minimum atomic E-state index is -0.785. The van der Waals surface area contributed by atoms with E-state index in [2.05, 4.69) is 15.3 Å². The molecular weight excluding hydrogens is 406 g/mol. The Hall–Kier alpha value is -4.67. The lowest BCUT2D eigenvalue weighted by molar-refractivity contribution is -0.394. The molecule has 0 aliphatic rings. The summed E-state index contributed by atoms with van der Waals surface area (Å²) in [5.74, 6) is -0.347. The van der Waals surface area contributed by atoms with Crippen molar-refractivity contribution in [1.82, 2.24) is 9.97 Å². The molecule has 0 saturated carbocycles. The van der Waals surface area contributed by atoms with E-state index in [1.807, 2.05) is 0 Å². The number of hydrogen-bond acceptors (Lipinski definition) is 8. The van der Waals surface area contributed by atoms with Crippen LogP contribution in [0.25, 0.3) is 22.7 Å². The van der Waals surface area contributed by atoms with Crippen LogP contribution in [-0.4, -0.2) is 25.7 Å². The maximum atomic E-state index is 12.7. The third-order valence-electron chi connectivity index (χ3n) is 4.57. The molecule has 0 aliphatic heterocycles. The molecule has 1 N–H and O–H groups in total. The molecule has 0 atom stereocenters. The van der Waals surface area contributed by atoms with E-state index in [0.29, 0.717) is 28.4 Å². The molecule has 2 heterocycles. The largest absolute Gasteiger partial charge is 0.434 e. The molecule has 11 nitrogen and oxygen atoms in total. The van der Waals surface area contributed by atoms with Crippen molar-refractivity contribution in [3.05, 3.63) is 86.1 Å². The van der Waals surface area contributed by atoms with Gasteiger partial charge in [0.25, 0.3) is 17.3 Å². The molecule has 1 amide bonds. The quantitative estimate of drug-likeness (QED) is 0.371. The Labute approximate surface area is 173 Å². The zero-order valence-corrected chi connectivity index (χ0v) is 15.9. The number of amides is 1. The average Bonchev–Trinajstić information content (AvgIpc) is 3.18. The molecule has 11 heteroatoms. The SMILES string of the molecule is Cc1c(C(=O)Nc2ccc(-c3nc4ncccc4o3)cc2)cc([N+](=O)[O-])cc1[N+](=O)[O-]. The predicted molar refractivity (Wildman–Crippen MR) is 110 cm³/mol. The highest BCUT2D eigenvalue weighted by Gasteiger charge is 2.24. The number of hydrogen-bond donors (Lipinski definition) is 1. The first-order valence-corrected chi connectivity index (χ1v) is 8.90. The summed E-state index contributed by atoms with van der Waals surface area (Å²) in [4.78, 5) is 41.8. The van der Waals surface area contributed by atoms with Crippen LogP contribution in [0.1, 0.15) is 15.9 Å². The molecule has 4 aromatic rings. The minimum Gasteiger partial charge on any atom is -0.434 e. The van der Waals surface area contributed by atoms with E-state index >= 15 is 0 Å². The number of fused-ring (bicyclic) bond motifs is 1. The molecule has 0 saturated heterocycles. The second-order valence-electron chi connectivity index (χ2n) is 6.53. The molecule has 0 aliphatic carbocycles. The number of oxazole rings is 1. The maximum Gasteiger partial charge on any atom is 0.279 e. The number of rotatable bonds is 5. The number of nitro benzene ring substituents is 2. The number of nitrogens with one attached hydrogen (secondary N) is 1. The first-order chi connectivity index (χ1) is 14.8. The van der Waals surface area contributed by atoms with E-state index in [0.717, 1.165) is 12.1 Å². The lowest BCUT2D eigenvalue weighted by Crippen LogP contribution is -2.14. The van der Waals surface area contributed by atoms with Gasteiger partial charge in [0, 0.05) is 29.1 Å². The second-order valence-corrected chi connectivity index (χ2v) is 6.53. The van der Waals surface area contributed by atoms with Gasteiger partial charge in [0.15, 0.2) is 11.2 Å². The molecule has 0 spiro atoms. The van der Waals surface area contributed by atoms with E-state index in [1.54, 1.807) is 42.6 Å². The van der Waals surface area contributed by atoms with Crippen molar-refractivity contribution in [2.45, 2.75) is 6.92 Å². The summed E-state index contributed by atoms with van der Waals surface area (Å²) in [7, 11) is 0. The zero-order chi connectivity index (χ0) is 22.1. The Morgan fingerprint density at radius 2 is 1.81 bits per heavy atom. The molecule has 0 unspecified atom stereocenters. The van der Waals surface area contributed by atoms with Crippen LogP contribution >= 0.6 is 0 Å². The Kier molecular flexibility index (Phi) is 4.83. The highest BCUT2D eigenvalue weighted by Crippen LogP contribution is 2.29. The van der Waals surface area contributed by atoms with Crippen molar-refractivity contribution in [3.63, 3.8) is 0 Å². The van der Waals surface area contributed by atoms with Crippen LogP contribution in [0.3, 0.4) is 0 Å². The van der Waals surface area contributed by atoms with Crippen LogP contribution in [0.2, 0.25) is 0 Å². The summed E-state index contributed by atoms with van der Waals surface area (Å²) in [5, 5.41) is 24.9. The lowest BCUT2D eigenvalue weighted by Gasteiger charge is -2.08. The fraction of sp³-hybridized carbons (Fsp3) is 0.0500. The van der Waals surface area contributed by atoms with Crippen LogP contribution < -0.4 is 5.32 Å². The lowest BCUT2D eigenvalue weighted by atomic mass is 10.0. The van der Waals surface area contributed by atoms with Gasteiger partial charge < -0.3 is 9.73 Å². The van der Waals surface area contributed by atoms with Crippen LogP contribution in [0.5, 0.6) is 0 Å². The third kappa shape index (κ3) is 3.79. The Bertz CT molecular complexity index is 1310. The summed E-state index contributed by atoms with van der Waals surface area (Å²) in [6, 6.07) is 11.8. The van der Waals surface area contributed by atoms with Crippen LogP contribution in [-0.2, 0) is 0 Å². The fourth-order valence-corrected chi connectivity index (χ4v) is 3.00. The van der Waals surface area contributed by atoms with Gasteiger partial charge in [-0.2, -0.15) is 4.98 Å². The predicted octanol–water partition coefficient (Wildman–Crippen LogP) is 4.27. The van der Waals surface area contributed by atoms with Crippen LogP contribution in [0.15, 0.2) is 59.1 Å². The number of nitro groups is 2. The number of pyridine rings is 1. The van der Waals surface area contributed by atoms with Gasteiger partial charge in [0.2, 0.25) is 5.89 Å². The standard InChI is InChI=1S/C20H13N5O6/c1-11-15(9-14(24(27)28)10-16(11)25(29)30)19(26)22-13-6-4-12(5-7-13)20-23-18-17(31-20)3-2-8-21-18/h2-10H,1H3,(H,22,26). The normalized spacial score (nSPS) is 10.7. The fourth-order valence-electron chi connectivity index (χ4n) is 3.00. The Morgan fingerprint density at radius 1 is 1.06 bits per heavy atom. The van der Waals surface area contributed by atoms with Gasteiger partial charge in [-0.1, -0.05) is 0 Å². The number of non-ortho nitro benzene ring substituents is 1. The molecule has 0 radical (unpaired) electrons. The number of nitrogens with zero attached hydrogens (tertiary/aromatic N) is 4. The monoisotopic (exact) mass is 419 g/mol. The molecular formula is C20H13N5O6. The van der Waals surface area contributed by atoms with Gasteiger partial charge in [-0.05, 0) is 43.3 Å². The number of carbonyl (C=O) groups is 1. The van der Waals surface area contributed by atoms with Gasteiger partial charge in [-0.25, -0.2) is 4.98 Å². The Balaban J connectivity index is 1.60. The van der Waals surface area contributed by atoms with Crippen molar-refractivity contribution in [2.75, 3.05) is 5.32 Å². The smallest absolute Gasteiger partial charge is 0.279 e. The number of anilines is 1. The van der Waals surface area contributed by atoms with E-state index in [1.165, 1.54) is 6.92 Å². The minimum absolute atomic E-state index is 0.0312. The van der Waals surface area contributed by atoms with Crippen molar-refractivity contribution < 1.29 is 19.1 Å². The number of carbonyl (C=O) groups excluding carboxylic acids is 1. The van der Waals surface area contributed by atoms with Crippen molar-refractivity contribution in [1.29, 1.82) is 0 Å². The first kappa shape index (κ1) is 19.6. The average molecular weight is 419 g/mol. The summed E-state index contributed by atoms with van der Waals surface area (Å²) in [6.07, 6.45) is 1.60. The molecule has 0 fully saturated rings. The van der Waals surface area contributed by atoms with E-state index < -0.39 is 27.1 Å². The topological polar surface area (TPSA) is 154 Å². The third-order valence-corrected chi connectivity index (χ3v) is 4.57. The second kappa shape index (κ2) is 7.63. The maximum absolute atomic E-state index is 12.7. The van der Waals surface area contributed by atoms with Gasteiger partial charge in [-0.3, -0.25) is 25.0 Å². The number of benzene rings is 2. The summed E-state index contributed by atoms with van der Waals surface area (Å²) >= 11 is 0. The highest BCUT2D eigenvalue weighted by atomic mass is 16.6. The molecule has 0 bridgehead atoms. The Morgan fingerprint density at radius 3 is 2.45 bits per heavy atom. The number of aromatic nitrogens is 2. The van der Waals surface area contributed by atoms with Crippen LogP contribution in [0.4, 0.5) is 17.1 Å². The summed E-state index contributed by atoms with van der Waals surface area (Å²) in [6.45, 7) is 1.36. The van der Waals surface area contributed by atoms with Gasteiger partial charge in [-0.15, -0.1) is 0 Å².